The van der Waals surface area contributed by atoms with Crippen molar-refractivity contribution in [3.8, 4) is 5.75 Å². The van der Waals surface area contributed by atoms with Crippen LogP contribution in [0.4, 0.5) is 0 Å². The maximum atomic E-state index is 12.2. The van der Waals surface area contributed by atoms with Crippen molar-refractivity contribution < 1.29 is 23.4 Å². The summed E-state index contributed by atoms with van der Waals surface area (Å²) in [7, 11) is -3.61. The number of aliphatic carboxylic acids is 1. The van der Waals surface area contributed by atoms with E-state index in [1.54, 1.807) is 12.1 Å². The lowest BCUT2D eigenvalue weighted by Gasteiger charge is -2.18. The molecule has 1 unspecified atom stereocenters. The molecular formula is C14H19NO5S. The van der Waals surface area contributed by atoms with Gasteiger partial charge in [0, 0.05) is 0 Å². The van der Waals surface area contributed by atoms with Gasteiger partial charge in [-0.3, -0.25) is 4.79 Å². The van der Waals surface area contributed by atoms with Gasteiger partial charge in [0.25, 0.3) is 0 Å². The fourth-order valence-electron chi connectivity index (χ4n) is 2.54. The number of nitrogens with one attached hydrogen (secondary N) is 1. The molecule has 6 nitrogen and oxygen atoms in total. The van der Waals surface area contributed by atoms with Crippen LogP contribution in [0.2, 0.25) is 0 Å². The highest BCUT2D eigenvalue weighted by Crippen LogP contribution is 2.24. The zero-order valence-electron chi connectivity index (χ0n) is 11.5. The third kappa shape index (κ3) is 4.18. The summed E-state index contributed by atoms with van der Waals surface area (Å²) in [6.07, 6.45) is 2.94. The molecular weight excluding hydrogens is 294 g/mol. The lowest BCUT2D eigenvalue weighted by Crippen LogP contribution is -2.45. The Balaban J connectivity index is 2.08. The van der Waals surface area contributed by atoms with Crippen LogP contribution in [0.25, 0.3) is 0 Å². The number of sulfonamides is 1. The lowest BCUT2D eigenvalue weighted by atomic mass is 10.1. The molecule has 7 heteroatoms. The van der Waals surface area contributed by atoms with Gasteiger partial charge in [0.15, 0.2) is 0 Å². The highest BCUT2D eigenvalue weighted by molar-refractivity contribution is 7.90. The van der Waals surface area contributed by atoms with Gasteiger partial charge in [-0.05, 0) is 37.0 Å². The summed E-state index contributed by atoms with van der Waals surface area (Å²) < 4.78 is 26.7. The average Bonchev–Trinajstić information content (AvgIpc) is 2.95. The molecule has 0 heterocycles. The third-order valence-electron chi connectivity index (χ3n) is 3.72. The summed E-state index contributed by atoms with van der Waals surface area (Å²) >= 11 is 0. The molecule has 1 aromatic rings. The van der Waals surface area contributed by atoms with Gasteiger partial charge >= 0.3 is 5.97 Å². The summed E-state index contributed by atoms with van der Waals surface area (Å²) in [4.78, 5) is 11.3. The van der Waals surface area contributed by atoms with E-state index in [1.165, 1.54) is 12.1 Å². The van der Waals surface area contributed by atoms with Crippen molar-refractivity contribution in [2.24, 2.45) is 0 Å². The molecule has 3 N–H and O–H groups in total. The number of carboxylic acid groups (broad SMARTS) is 1. The summed E-state index contributed by atoms with van der Waals surface area (Å²) in [5, 5.41) is 17.9. The Bertz CT molecular complexity index is 590. The van der Waals surface area contributed by atoms with Gasteiger partial charge in [0.05, 0.1) is 5.25 Å². The molecule has 0 amide bonds. The predicted molar refractivity (Wildman–Crippen MR) is 77.5 cm³/mol. The van der Waals surface area contributed by atoms with Crippen LogP contribution in [0.3, 0.4) is 0 Å². The highest BCUT2D eigenvalue weighted by Gasteiger charge is 2.32. The second-order valence-corrected chi connectivity index (χ2v) is 7.32. The van der Waals surface area contributed by atoms with Gasteiger partial charge in [-0.25, -0.2) is 13.1 Å². The summed E-state index contributed by atoms with van der Waals surface area (Å²) in [5.41, 5.74) is 0.648. The zero-order valence-corrected chi connectivity index (χ0v) is 12.3. The standard InChI is InChI=1S/C14H19NO5S/c16-11-7-5-10(6-8-11)9-13(14(17)18)15-21(19,20)12-3-1-2-4-12/h5-8,12-13,15-16H,1-4,9H2,(H,17,18). The van der Waals surface area contributed by atoms with Crippen molar-refractivity contribution in [3.63, 3.8) is 0 Å². The number of carbonyl (C=O) groups is 1. The minimum atomic E-state index is -3.61. The molecule has 0 aromatic heterocycles. The van der Waals surface area contributed by atoms with E-state index in [4.69, 9.17) is 0 Å². The number of benzene rings is 1. The molecule has 0 radical (unpaired) electrons. The van der Waals surface area contributed by atoms with Crippen LogP contribution in [-0.4, -0.2) is 35.9 Å². The van der Waals surface area contributed by atoms with Gasteiger partial charge in [0.1, 0.15) is 11.8 Å². The van der Waals surface area contributed by atoms with E-state index in [1.807, 2.05) is 0 Å². The van der Waals surface area contributed by atoms with Crippen molar-refractivity contribution >= 4 is 16.0 Å². The van der Waals surface area contributed by atoms with E-state index in [9.17, 15) is 23.4 Å². The van der Waals surface area contributed by atoms with E-state index in [0.29, 0.717) is 18.4 Å². The van der Waals surface area contributed by atoms with Gasteiger partial charge in [-0.15, -0.1) is 0 Å². The molecule has 1 atom stereocenters. The second-order valence-electron chi connectivity index (χ2n) is 5.33. The minimum Gasteiger partial charge on any atom is -0.508 e. The van der Waals surface area contributed by atoms with E-state index >= 15 is 0 Å². The SMILES string of the molecule is O=C(O)C(Cc1ccc(O)cc1)NS(=O)(=O)C1CCCC1. The molecule has 0 spiro atoms. The van der Waals surface area contributed by atoms with Crippen molar-refractivity contribution in [1.29, 1.82) is 0 Å². The summed E-state index contributed by atoms with van der Waals surface area (Å²) in [6.45, 7) is 0. The van der Waals surface area contributed by atoms with Crippen LogP contribution in [-0.2, 0) is 21.2 Å². The molecule has 1 saturated carbocycles. The fraction of sp³-hybridized carbons (Fsp3) is 0.500. The molecule has 1 aliphatic rings. The first-order valence-corrected chi connectivity index (χ1v) is 8.45. The second kappa shape index (κ2) is 6.44. The van der Waals surface area contributed by atoms with Crippen molar-refractivity contribution in [2.45, 2.75) is 43.4 Å². The lowest BCUT2D eigenvalue weighted by molar-refractivity contribution is -0.138. The minimum absolute atomic E-state index is 0.0432. The Morgan fingerprint density at radius 1 is 1.24 bits per heavy atom. The molecule has 1 fully saturated rings. The van der Waals surface area contributed by atoms with Crippen molar-refractivity contribution in [3.05, 3.63) is 29.8 Å². The Labute approximate surface area is 123 Å². The first-order chi connectivity index (χ1) is 9.88. The largest absolute Gasteiger partial charge is 0.508 e. The molecule has 0 aliphatic heterocycles. The van der Waals surface area contributed by atoms with Gasteiger partial charge in [0.2, 0.25) is 10.0 Å². The predicted octanol–water partition coefficient (Wildman–Crippen LogP) is 1.25. The van der Waals surface area contributed by atoms with E-state index in [2.05, 4.69) is 4.72 Å². The van der Waals surface area contributed by atoms with Crippen molar-refractivity contribution in [2.75, 3.05) is 0 Å². The number of aromatic hydroxyl groups is 1. The van der Waals surface area contributed by atoms with Crippen LogP contribution < -0.4 is 4.72 Å². The summed E-state index contributed by atoms with van der Waals surface area (Å²) in [6, 6.07) is 4.85. The Morgan fingerprint density at radius 3 is 2.33 bits per heavy atom. The normalized spacial score (nSPS) is 17.7. The monoisotopic (exact) mass is 313 g/mol. The highest BCUT2D eigenvalue weighted by atomic mass is 32.2. The van der Waals surface area contributed by atoms with Gasteiger partial charge in [-0.1, -0.05) is 25.0 Å². The fourth-order valence-corrected chi connectivity index (χ4v) is 4.27. The number of carboxylic acids is 1. The van der Waals surface area contributed by atoms with Crippen LogP contribution in [0.15, 0.2) is 24.3 Å². The Morgan fingerprint density at radius 2 is 1.81 bits per heavy atom. The van der Waals surface area contributed by atoms with Gasteiger partial charge < -0.3 is 10.2 Å². The van der Waals surface area contributed by atoms with Crippen LogP contribution in [0.1, 0.15) is 31.2 Å². The van der Waals surface area contributed by atoms with Crippen LogP contribution >= 0.6 is 0 Å². The summed E-state index contributed by atoms with van der Waals surface area (Å²) in [5.74, 6) is -1.12. The van der Waals surface area contributed by atoms with Crippen LogP contribution in [0.5, 0.6) is 5.75 Å². The van der Waals surface area contributed by atoms with E-state index < -0.39 is 27.3 Å². The topological polar surface area (TPSA) is 104 Å². The van der Waals surface area contributed by atoms with Crippen LogP contribution in [0, 0.1) is 0 Å². The zero-order chi connectivity index (χ0) is 15.5. The first-order valence-electron chi connectivity index (χ1n) is 6.90. The molecule has 21 heavy (non-hydrogen) atoms. The molecule has 1 aliphatic carbocycles. The number of hydrogen-bond acceptors (Lipinski definition) is 4. The van der Waals surface area contributed by atoms with Crippen molar-refractivity contribution in [1.82, 2.24) is 4.72 Å². The molecule has 0 bridgehead atoms. The molecule has 2 rings (SSSR count). The first kappa shape index (κ1) is 15.8. The smallest absolute Gasteiger partial charge is 0.322 e. The molecule has 116 valence electrons. The van der Waals surface area contributed by atoms with Gasteiger partial charge in [-0.2, -0.15) is 0 Å². The maximum Gasteiger partial charge on any atom is 0.322 e. The third-order valence-corrected chi connectivity index (χ3v) is 5.68. The Hall–Kier alpha value is -1.60. The van der Waals surface area contributed by atoms with E-state index in [0.717, 1.165) is 12.8 Å². The molecule has 1 aromatic carbocycles. The number of phenolic OH excluding ortho intramolecular Hbond substituents is 1. The Kier molecular flexibility index (Phi) is 4.84. The van der Waals surface area contributed by atoms with E-state index in [-0.39, 0.29) is 12.2 Å². The number of rotatable bonds is 6. The number of hydrogen-bond donors (Lipinski definition) is 3. The number of phenols is 1. The average molecular weight is 313 g/mol. The molecule has 0 saturated heterocycles. The quantitative estimate of drug-likeness (QED) is 0.733. The maximum absolute atomic E-state index is 12.2.